The molecule has 2 N–H and O–H groups in total. The summed E-state index contributed by atoms with van der Waals surface area (Å²) in [7, 11) is 0. The zero-order chi connectivity index (χ0) is 14.0. The third-order valence-corrected chi connectivity index (χ3v) is 4.56. The van der Waals surface area contributed by atoms with Gasteiger partial charge >= 0.3 is 5.97 Å². The zero-order valence-corrected chi connectivity index (χ0v) is 11.7. The lowest BCUT2D eigenvalue weighted by Crippen LogP contribution is -2.26. The lowest BCUT2D eigenvalue weighted by atomic mass is 9.97. The van der Waals surface area contributed by atoms with Crippen molar-refractivity contribution in [1.29, 1.82) is 0 Å². The molecule has 0 aliphatic rings. The smallest absolute Gasteiger partial charge is 0.309 e. The molecule has 2 aromatic rings. The number of carboxylic acid groups (broad SMARTS) is 1. The van der Waals surface area contributed by atoms with Crippen LogP contribution in [0.2, 0.25) is 0 Å². The van der Waals surface area contributed by atoms with Gasteiger partial charge in [0.05, 0.1) is 5.41 Å². The maximum absolute atomic E-state index is 11.1. The van der Waals surface area contributed by atoms with Crippen molar-refractivity contribution in [2.45, 2.75) is 18.7 Å². The third kappa shape index (κ3) is 2.84. The first-order chi connectivity index (χ1) is 8.92. The fourth-order valence-electron chi connectivity index (χ4n) is 1.70. The van der Waals surface area contributed by atoms with E-state index in [-0.39, 0.29) is 5.75 Å². The number of phenolic OH excluding ortho intramolecular Hbond substituents is 1. The number of rotatable bonds is 4. The van der Waals surface area contributed by atoms with Crippen LogP contribution in [0.25, 0.3) is 10.8 Å². The summed E-state index contributed by atoms with van der Waals surface area (Å²) in [6, 6.07) is 11.1. The van der Waals surface area contributed by atoms with Crippen LogP contribution in [0.5, 0.6) is 5.75 Å². The molecule has 19 heavy (non-hydrogen) atoms. The summed E-state index contributed by atoms with van der Waals surface area (Å²) in [5, 5.41) is 20.7. The van der Waals surface area contributed by atoms with E-state index in [9.17, 15) is 9.90 Å². The Kier molecular flexibility index (Phi) is 3.71. The van der Waals surface area contributed by atoms with Crippen LogP contribution in [0.15, 0.2) is 41.3 Å². The summed E-state index contributed by atoms with van der Waals surface area (Å²) in [5.74, 6) is -0.0718. The van der Waals surface area contributed by atoms with Crippen molar-refractivity contribution >= 4 is 28.5 Å². The van der Waals surface area contributed by atoms with E-state index >= 15 is 0 Å². The number of thioether (sulfide) groups is 1. The number of phenols is 1. The highest BCUT2D eigenvalue weighted by molar-refractivity contribution is 7.99. The molecule has 0 heterocycles. The van der Waals surface area contributed by atoms with Gasteiger partial charge in [-0.25, -0.2) is 0 Å². The van der Waals surface area contributed by atoms with Crippen LogP contribution >= 0.6 is 11.8 Å². The van der Waals surface area contributed by atoms with Crippen molar-refractivity contribution in [2.75, 3.05) is 5.75 Å². The SMILES string of the molecule is CC(C)(CSc1ccc(O)c2ccccc12)C(=O)O. The first-order valence-electron chi connectivity index (χ1n) is 5.99. The van der Waals surface area contributed by atoms with Gasteiger partial charge in [0.25, 0.3) is 0 Å². The molecule has 0 radical (unpaired) electrons. The van der Waals surface area contributed by atoms with Gasteiger partial charge in [0.2, 0.25) is 0 Å². The molecule has 0 bridgehead atoms. The molecule has 0 saturated carbocycles. The molecule has 3 nitrogen and oxygen atoms in total. The van der Waals surface area contributed by atoms with Crippen LogP contribution in [0.4, 0.5) is 0 Å². The standard InChI is InChI=1S/C15H16O3S/c1-15(2,14(17)18)9-19-13-8-7-12(16)10-5-3-4-6-11(10)13/h3-8,16H,9H2,1-2H3,(H,17,18). The molecule has 0 saturated heterocycles. The minimum Gasteiger partial charge on any atom is -0.507 e. The number of aromatic hydroxyl groups is 1. The minimum atomic E-state index is -0.803. The van der Waals surface area contributed by atoms with Gasteiger partial charge in [-0.1, -0.05) is 24.3 Å². The van der Waals surface area contributed by atoms with Gasteiger partial charge < -0.3 is 10.2 Å². The largest absolute Gasteiger partial charge is 0.507 e. The molecule has 4 heteroatoms. The lowest BCUT2D eigenvalue weighted by Gasteiger charge is -2.18. The summed E-state index contributed by atoms with van der Waals surface area (Å²) >= 11 is 1.50. The van der Waals surface area contributed by atoms with E-state index in [4.69, 9.17) is 5.11 Å². The molecule has 0 unspecified atom stereocenters. The van der Waals surface area contributed by atoms with E-state index in [2.05, 4.69) is 0 Å². The van der Waals surface area contributed by atoms with E-state index in [1.54, 1.807) is 19.9 Å². The van der Waals surface area contributed by atoms with E-state index in [1.807, 2.05) is 30.3 Å². The van der Waals surface area contributed by atoms with Crippen LogP contribution in [0.3, 0.4) is 0 Å². The van der Waals surface area contributed by atoms with Gasteiger partial charge in [-0.15, -0.1) is 11.8 Å². The Bertz CT molecular complexity index is 620. The Balaban J connectivity index is 2.32. The molecule has 0 fully saturated rings. The fraction of sp³-hybridized carbons (Fsp3) is 0.267. The summed E-state index contributed by atoms with van der Waals surface area (Å²) in [6.45, 7) is 3.43. The highest BCUT2D eigenvalue weighted by atomic mass is 32.2. The highest BCUT2D eigenvalue weighted by Crippen LogP contribution is 2.36. The molecular formula is C15H16O3S. The number of fused-ring (bicyclic) bond motifs is 1. The first-order valence-corrected chi connectivity index (χ1v) is 6.97. The minimum absolute atomic E-state index is 0.248. The number of carbonyl (C=O) groups is 1. The Morgan fingerprint density at radius 1 is 1.16 bits per heavy atom. The van der Waals surface area contributed by atoms with Gasteiger partial charge in [-0.3, -0.25) is 4.79 Å². The summed E-state index contributed by atoms with van der Waals surface area (Å²) < 4.78 is 0. The molecule has 0 aliphatic carbocycles. The summed E-state index contributed by atoms with van der Waals surface area (Å²) in [5.41, 5.74) is -0.774. The quantitative estimate of drug-likeness (QED) is 0.835. The molecule has 0 amide bonds. The van der Waals surface area contributed by atoms with Crippen molar-refractivity contribution in [1.82, 2.24) is 0 Å². The second kappa shape index (κ2) is 5.13. The highest BCUT2D eigenvalue weighted by Gasteiger charge is 2.27. The van der Waals surface area contributed by atoms with Crippen LogP contribution in [-0.2, 0) is 4.79 Å². The molecule has 0 aromatic heterocycles. The molecule has 0 spiro atoms. The summed E-state index contributed by atoms with van der Waals surface area (Å²) in [4.78, 5) is 12.1. The maximum Gasteiger partial charge on any atom is 0.309 e. The van der Waals surface area contributed by atoms with Gasteiger partial charge in [0, 0.05) is 16.0 Å². The van der Waals surface area contributed by atoms with Crippen molar-refractivity contribution < 1.29 is 15.0 Å². The normalized spacial score (nSPS) is 11.7. The topological polar surface area (TPSA) is 57.5 Å². The van der Waals surface area contributed by atoms with Crippen molar-refractivity contribution in [2.24, 2.45) is 5.41 Å². The Morgan fingerprint density at radius 2 is 1.79 bits per heavy atom. The number of hydrogen-bond acceptors (Lipinski definition) is 3. The molecule has 2 rings (SSSR count). The summed E-state index contributed by atoms with van der Waals surface area (Å²) in [6.07, 6.45) is 0. The zero-order valence-electron chi connectivity index (χ0n) is 10.9. The van der Waals surface area contributed by atoms with Crippen molar-refractivity contribution in [3.05, 3.63) is 36.4 Å². The third-order valence-electron chi connectivity index (χ3n) is 3.03. The van der Waals surface area contributed by atoms with Gasteiger partial charge in [-0.05, 0) is 31.4 Å². The Morgan fingerprint density at radius 3 is 2.42 bits per heavy atom. The predicted molar refractivity (Wildman–Crippen MR) is 77.8 cm³/mol. The van der Waals surface area contributed by atoms with Crippen LogP contribution in [0.1, 0.15) is 13.8 Å². The monoisotopic (exact) mass is 276 g/mol. The first kappa shape index (κ1) is 13.7. The molecule has 0 atom stereocenters. The van der Waals surface area contributed by atoms with Gasteiger partial charge in [0.15, 0.2) is 0 Å². The van der Waals surface area contributed by atoms with Crippen molar-refractivity contribution in [3.8, 4) is 5.75 Å². The fourth-order valence-corrected chi connectivity index (χ4v) is 2.84. The Labute approximate surface area is 116 Å². The maximum atomic E-state index is 11.1. The lowest BCUT2D eigenvalue weighted by molar-refractivity contribution is -0.145. The van der Waals surface area contributed by atoms with E-state index in [0.29, 0.717) is 5.75 Å². The second-order valence-electron chi connectivity index (χ2n) is 5.11. The second-order valence-corrected chi connectivity index (χ2v) is 6.12. The number of aliphatic carboxylic acids is 1. The predicted octanol–water partition coefficient (Wildman–Crippen LogP) is 3.75. The van der Waals surface area contributed by atoms with Crippen molar-refractivity contribution in [3.63, 3.8) is 0 Å². The van der Waals surface area contributed by atoms with Crippen LogP contribution < -0.4 is 0 Å². The van der Waals surface area contributed by atoms with E-state index in [1.165, 1.54) is 11.8 Å². The molecule has 2 aromatic carbocycles. The average Bonchev–Trinajstić information content (AvgIpc) is 2.38. The van der Waals surface area contributed by atoms with E-state index < -0.39 is 11.4 Å². The van der Waals surface area contributed by atoms with E-state index in [0.717, 1.165) is 15.7 Å². The van der Waals surface area contributed by atoms with Crippen LogP contribution in [-0.4, -0.2) is 21.9 Å². The van der Waals surface area contributed by atoms with Gasteiger partial charge in [-0.2, -0.15) is 0 Å². The molecular weight excluding hydrogens is 260 g/mol. The number of benzene rings is 2. The van der Waals surface area contributed by atoms with Gasteiger partial charge in [0.1, 0.15) is 5.75 Å². The molecule has 0 aliphatic heterocycles. The average molecular weight is 276 g/mol. The van der Waals surface area contributed by atoms with Crippen LogP contribution in [0, 0.1) is 5.41 Å². The number of carboxylic acids is 1. The Hall–Kier alpha value is -1.68. The number of hydrogen-bond donors (Lipinski definition) is 2. The molecule has 100 valence electrons.